The van der Waals surface area contributed by atoms with E-state index in [9.17, 15) is 14.7 Å². The Morgan fingerprint density at radius 3 is 2.33 bits per heavy atom. The number of aryl methyl sites for hydroxylation is 1. The Morgan fingerprint density at radius 2 is 1.58 bits per heavy atom. The molecule has 2 saturated carbocycles. The minimum atomic E-state index is -0.978. The summed E-state index contributed by atoms with van der Waals surface area (Å²) >= 11 is 0. The highest BCUT2D eigenvalue weighted by Gasteiger charge is 2.75. The highest BCUT2D eigenvalue weighted by Crippen LogP contribution is 2.72. The molecule has 4 fully saturated rings. The van der Waals surface area contributed by atoms with Gasteiger partial charge in [0.15, 0.2) is 0 Å². The fraction of sp³-hybridized carbons (Fsp3) is 0.417. The van der Waals surface area contributed by atoms with Crippen molar-refractivity contribution in [1.29, 1.82) is 0 Å². The summed E-state index contributed by atoms with van der Waals surface area (Å²) in [6.45, 7) is 4.68. The first-order valence-electron chi connectivity index (χ1n) is 15.8. The zero-order valence-corrected chi connectivity index (χ0v) is 24.7. The monoisotopic (exact) mass is 574 g/mol. The molecule has 0 radical (unpaired) electrons. The van der Waals surface area contributed by atoms with Gasteiger partial charge in [0.25, 0.3) is 5.91 Å². The Morgan fingerprint density at radius 1 is 0.884 bits per heavy atom. The van der Waals surface area contributed by atoms with Crippen LogP contribution in [-0.4, -0.2) is 68.1 Å². The van der Waals surface area contributed by atoms with E-state index in [1.807, 2.05) is 4.90 Å². The maximum Gasteiger partial charge on any atom is 0.335 e. The van der Waals surface area contributed by atoms with E-state index in [4.69, 9.17) is 4.98 Å². The van der Waals surface area contributed by atoms with Crippen LogP contribution in [0, 0.1) is 12.3 Å². The zero-order chi connectivity index (χ0) is 29.3. The largest absolute Gasteiger partial charge is 0.478 e. The molecular weight excluding hydrogens is 536 g/mol. The van der Waals surface area contributed by atoms with Crippen LogP contribution in [0.1, 0.15) is 76.7 Å². The first-order chi connectivity index (χ1) is 20.9. The standard InChI is InChI=1S/C36H38N4O3/c1-24-37-29-9-5-6-10-30(29)40(24)28-21-31-36(22-28)23-32(36)39(31)20-17-35(27-7-3-2-4-8-27)15-18-38(19-16-35)33(41)25-11-13-26(14-12-25)34(42)43/h2-14,28,31-32H,15-23H2,1H3,(H,42,43). The molecule has 4 unspecified atom stereocenters. The van der Waals surface area contributed by atoms with Gasteiger partial charge < -0.3 is 14.6 Å². The molecule has 0 bridgehead atoms. The number of aromatic nitrogens is 2. The van der Waals surface area contributed by atoms with E-state index in [2.05, 4.69) is 71.0 Å². The summed E-state index contributed by atoms with van der Waals surface area (Å²) in [5.74, 6) is 0.145. The Balaban J connectivity index is 0.968. The highest BCUT2D eigenvalue weighted by molar-refractivity contribution is 5.96. The number of carboxylic acid groups (broad SMARTS) is 1. The number of benzene rings is 3. The first kappa shape index (κ1) is 26.6. The molecule has 7 nitrogen and oxygen atoms in total. The van der Waals surface area contributed by atoms with Crippen LogP contribution in [0.25, 0.3) is 11.0 Å². The van der Waals surface area contributed by atoms with Crippen molar-refractivity contribution < 1.29 is 14.7 Å². The number of nitrogens with zero attached hydrogens (tertiary/aromatic N) is 4. The molecule has 220 valence electrons. The van der Waals surface area contributed by atoms with Crippen LogP contribution in [0.4, 0.5) is 0 Å². The van der Waals surface area contributed by atoms with Crippen molar-refractivity contribution in [3.8, 4) is 0 Å². The van der Waals surface area contributed by atoms with Gasteiger partial charge >= 0.3 is 5.97 Å². The average Bonchev–Trinajstić information content (AvgIpc) is 3.35. The predicted octanol–water partition coefficient (Wildman–Crippen LogP) is 6.09. The number of likely N-dealkylation sites (tertiary alicyclic amines) is 2. The molecule has 4 aliphatic rings. The SMILES string of the molecule is Cc1nc2ccccc2n1C1CC2N(CCC3(c4ccccc4)CCN(C(=O)c4ccc(C(=O)O)cc4)CC3)C3CC23C1. The van der Waals surface area contributed by atoms with Gasteiger partial charge in [0.2, 0.25) is 0 Å². The van der Waals surface area contributed by atoms with E-state index in [-0.39, 0.29) is 16.9 Å². The summed E-state index contributed by atoms with van der Waals surface area (Å²) in [6.07, 6.45) is 6.79. The third-order valence-electron chi connectivity index (χ3n) is 11.4. The van der Waals surface area contributed by atoms with E-state index in [1.54, 1.807) is 12.1 Å². The Labute approximate surface area is 252 Å². The van der Waals surface area contributed by atoms with Crippen LogP contribution < -0.4 is 0 Å². The van der Waals surface area contributed by atoms with E-state index in [1.165, 1.54) is 42.5 Å². The van der Waals surface area contributed by atoms with Crippen molar-refractivity contribution in [2.24, 2.45) is 5.41 Å². The summed E-state index contributed by atoms with van der Waals surface area (Å²) in [6, 6.07) is 27.7. The molecule has 3 aromatic carbocycles. The van der Waals surface area contributed by atoms with E-state index in [0.29, 0.717) is 36.2 Å². The number of rotatable bonds is 7. The average molecular weight is 575 g/mol. The summed E-state index contributed by atoms with van der Waals surface area (Å²) in [4.78, 5) is 34.2. The molecule has 3 heterocycles. The molecule has 7 heteroatoms. The number of hydrogen-bond acceptors (Lipinski definition) is 4. The van der Waals surface area contributed by atoms with E-state index >= 15 is 0 Å². The maximum absolute atomic E-state index is 13.3. The van der Waals surface area contributed by atoms with Crippen molar-refractivity contribution in [3.05, 3.63) is 101 Å². The lowest BCUT2D eigenvalue weighted by molar-refractivity contribution is 0.0218. The number of carbonyl (C=O) groups excluding carboxylic acids is 1. The molecule has 2 saturated heterocycles. The number of piperidine rings is 1. The van der Waals surface area contributed by atoms with Crippen LogP contribution >= 0.6 is 0 Å². The smallest absolute Gasteiger partial charge is 0.335 e. The van der Waals surface area contributed by atoms with Gasteiger partial charge in [-0.3, -0.25) is 9.69 Å². The normalized spacial score (nSPS) is 27.4. The predicted molar refractivity (Wildman–Crippen MR) is 165 cm³/mol. The van der Waals surface area contributed by atoms with E-state index in [0.717, 1.165) is 43.2 Å². The molecule has 1 spiro atoms. The molecule has 1 amide bonds. The number of hydrogen-bond donors (Lipinski definition) is 1. The number of carbonyl (C=O) groups is 2. The third-order valence-corrected chi connectivity index (χ3v) is 11.4. The van der Waals surface area contributed by atoms with Crippen LogP contribution in [-0.2, 0) is 5.41 Å². The van der Waals surface area contributed by atoms with Crippen molar-refractivity contribution >= 4 is 22.9 Å². The summed E-state index contributed by atoms with van der Waals surface area (Å²) in [7, 11) is 0. The second kappa shape index (κ2) is 9.78. The Bertz CT molecular complexity index is 1710. The van der Waals surface area contributed by atoms with Gasteiger partial charge in [-0.25, -0.2) is 9.78 Å². The lowest BCUT2D eigenvalue weighted by Crippen LogP contribution is -2.55. The van der Waals surface area contributed by atoms with Gasteiger partial charge in [0.05, 0.1) is 16.6 Å². The number of para-hydroxylation sites is 2. The molecule has 43 heavy (non-hydrogen) atoms. The van der Waals surface area contributed by atoms with Crippen molar-refractivity contribution in [3.63, 3.8) is 0 Å². The molecule has 1 aromatic heterocycles. The third kappa shape index (κ3) is 4.15. The van der Waals surface area contributed by atoms with Gasteiger partial charge in [0, 0.05) is 42.2 Å². The van der Waals surface area contributed by atoms with Crippen LogP contribution in [0.2, 0.25) is 0 Å². The summed E-state index contributed by atoms with van der Waals surface area (Å²) in [5, 5.41) is 9.21. The van der Waals surface area contributed by atoms with Crippen LogP contribution in [0.3, 0.4) is 0 Å². The summed E-state index contributed by atoms with van der Waals surface area (Å²) < 4.78 is 2.52. The van der Waals surface area contributed by atoms with Crippen LogP contribution in [0.5, 0.6) is 0 Å². The van der Waals surface area contributed by atoms with Gasteiger partial charge in [-0.05, 0) is 99.4 Å². The summed E-state index contributed by atoms with van der Waals surface area (Å²) in [5.41, 5.74) is 5.08. The van der Waals surface area contributed by atoms with Crippen LogP contribution in [0.15, 0.2) is 78.9 Å². The van der Waals surface area contributed by atoms with Crippen molar-refractivity contribution in [2.75, 3.05) is 19.6 Å². The molecule has 1 N–H and O–H groups in total. The van der Waals surface area contributed by atoms with Gasteiger partial charge in [-0.1, -0.05) is 42.5 Å². The van der Waals surface area contributed by atoms with Crippen molar-refractivity contribution in [2.45, 2.75) is 69.0 Å². The lowest BCUT2D eigenvalue weighted by atomic mass is 9.70. The minimum absolute atomic E-state index is 0.0107. The maximum atomic E-state index is 13.3. The fourth-order valence-corrected chi connectivity index (χ4v) is 9.11. The van der Waals surface area contributed by atoms with Gasteiger partial charge in [-0.15, -0.1) is 0 Å². The molecule has 2 aliphatic carbocycles. The molecule has 4 atom stereocenters. The topological polar surface area (TPSA) is 78.7 Å². The second-order valence-corrected chi connectivity index (χ2v) is 13.4. The quantitative estimate of drug-likeness (QED) is 0.289. The Hall–Kier alpha value is -3.97. The fourth-order valence-electron chi connectivity index (χ4n) is 9.11. The Kier molecular flexibility index (Phi) is 6.06. The number of amides is 1. The molecule has 4 aromatic rings. The van der Waals surface area contributed by atoms with Crippen molar-refractivity contribution in [1.82, 2.24) is 19.4 Å². The highest BCUT2D eigenvalue weighted by atomic mass is 16.4. The molecule has 2 aliphatic heterocycles. The second-order valence-electron chi connectivity index (χ2n) is 13.4. The number of fused-ring (bicyclic) bond motifs is 1. The number of imidazole rings is 1. The number of carboxylic acids is 1. The van der Waals surface area contributed by atoms with Gasteiger partial charge in [0.1, 0.15) is 5.82 Å². The van der Waals surface area contributed by atoms with E-state index < -0.39 is 5.97 Å². The lowest BCUT2D eigenvalue weighted by Gasteiger charge is -2.48. The van der Waals surface area contributed by atoms with Gasteiger partial charge in [-0.2, -0.15) is 0 Å². The number of aromatic carboxylic acids is 1. The first-order valence-corrected chi connectivity index (χ1v) is 15.8. The minimum Gasteiger partial charge on any atom is -0.478 e. The zero-order valence-electron chi connectivity index (χ0n) is 24.7. The molecular formula is C36H38N4O3. The molecule has 8 rings (SSSR count).